The first-order valence-corrected chi connectivity index (χ1v) is 7.23. The SMILES string of the molecule is Cn1cncc1C1C(CN)CCCCN1C1CC1. The number of aryl methyl sites for hydroxylation is 1. The van der Waals surface area contributed by atoms with E-state index >= 15 is 0 Å². The smallest absolute Gasteiger partial charge is 0.0946 e. The molecule has 0 spiro atoms. The van der Waals surface area contributed by atoms with Gasteiger partial charge in [-0.1, -0.05) is 6.42 Å². The molecule has 3 rings (SSSR count). The van der Waals surface area contributed by atoms with Crippen LogP contribution in [0.5, 0.6) is 0 Å². The van der Waals surface area contributed by atoms with Crippen molar-refractivity contribution in [1.82, 2.24) is 14.5 Å². The third-order valence-electron chi connectivity index (χ3n) is 4.52. The lowest BCUT2D eigenvalue weighted by Gasteiger charge is -2.35. The van der Waals surface area contributed by atoms with Crippen LogP contribution >= 0.6 is 0 Å². The van der Waals surface area contributed by atoms with Crippen LogP contribution in [0.1, 0.15) is 43.8 Å². The molecule has 100 valence electrons. The number of aromatic nitrogens is 2. The van der Waals surface area contributed by atoms with Crippen LogP contribution in [0.4, 0.5) is 0 Å². The third kappa shape index (κ3) is 2.19. The summed E-state index contributed by atoms with van der Waals surface area (Å²) in [6.07, 6.45) is 10.6. The van der Waals surface area contributed by atoms with Gasteiger partial charge in [0.25, 0.3) is 0 Å². The summed E-state index contributed by atoms with van der Waals surface area (Å²) in [5.41, 5.74) is 7.39. The molecule has 0 radical (unpaired) electrons. The van der Waals surface area contributed by atoms with Crippen molar-refractivity contribution in [3.63, 3.8) is 0 Å². The molecule has 2 heterocycles. The Kier molecular flexibility index (Phi) is 3.39. The average molecular weight is 248 g/mol. The van der Waals surface area contributed by atoms with Gasteiger partial charge in [-0.3, -0.25) is 4.90 Å². The van der Waals surface area contributed by atoms with Crippen molar-refractivity contribution in [2.75, 3.05) is 13.1 Å². The lowest BCUT2D eigenvalue weighted by Crippen LogP contribution is -2.38. The van der Waals surface area contributed by atoms with Gasteiger partial charge < -0.3 is 10.3 Å². The van der Waals surface area contributed by atoms with Gasteiger partial charge in [0.1, 0.15) is 0 Å². The Morgan fingerprint density at radius 2 is 2.17 bits per heavy atom. The van der Waals surface area contributed by atoms with E-state index in [-0.39, 0.29) is 0 Å². The van der Waals surface area contributed by atoms with Crippen LogP contribution in [0.15, 0.2) is 12.5 Å². The first-order valence-electron chi connectivity index (χ1n) is 7.23. The lowest BCUT2D eigenvalue weighted by atomic mass is 9.92. The molecule has 0 amide bonds. The molecule has 2 N–H and O–H groups in total. The Morgan fingerprint density at radius 1 is 1.33 bits per heavy atom. The molecule has 1 saturated heterocycles. The van der Waals surface area contributed by atoms with Gasteiger partial charge in [-0.25, -0.2) is 4.98 Å². The molecule has 2 aliphatic rings. The molecule has 0 bridgehead atoms. The van der Waals surface area contributed by atoms with Crippen LogP contribution in [0, 0.1) is 5.92 Å². The number of nitrogens with zero attached hydrogens (tertiary/aromatic N) is 3. The van der Waals surface area contributed by atoms with Gasteiger partial charge in [0.15, 0.2) is 0 Å². The van der Waals surface area contributed by atoms with Gasteiger partial charge in [0.2, 0.25) is 0 Å². The summed E-state index contributed by atoms with van der Waals surface area (Å²) in [5, 5.41) is 0. The van der Waals surface area contributed by atoms with Crippen LogP contribution in [-0.2, 0) is 7.05 Å². The van der Waals surface area contributed by atoms with Crippen molar-refractivity contribution < 1.29 is 0 Å². The number of likely N-dealkylation sites (tertiary alicyclic amines) is 1. The summed E-state index contributed by atoms with van der Waals surface area (Å²) in [6, 6.07) is 1.29. The van der Waals surface area contributed by atoms with Crippen molar-refractivity contribution in [2.24, 2.45) is 18.7 Å². The molecule has 4 heteroatoms. The predicted molar refractivity (Wildman–Crippen MR) is 72.1 cm³/mol. The van der Waals surface area contributed by atoms with Crippen molar-refractivity contribution >= 4 is 0 Å². The Balaban J connectivity index is 1.93. The van der Waals surface area contributed by atoms with Crippen LogP contribution < -0.4 is 5.73 Å². The van der Waals surface area contributed by atoms with E-state index in [0.717, 1.165) is 12.6 Å². The summed E-state index contributed by atoms with van der Waals surface area (Å²) in [6.45, 7) is 2.02. The largest absolute Gasteiger partial charge is 0.336 e. The Labute approximate surface area is 109 Å². The lowest BCUT2D eigenvalue weighted by molar-refractivity contribution is 0.143. The highest BCUT2D eigenvalue weighted by molar-refractivity contribution is 5.10. The summed E-state index contributed by atoms with van der Waals surface area (Å²) in [4.78, 5) is 7.02. The minimum atomic E-state index is 0.484. The summed E-state index contributed by atoms with van der Waals surface area (Å²) in [5.74, 6) is 0.587. The van der Waals surface area contributed by atoms with Crippen LogP contribution in [-0.4, -0.2) is 33.6 Å². The molecule has 2 atom stereocenters. The summed E-state index contributed by atoms with van der Waals surface area (Å²) < 4.78 is 2.17. The van der Waals surface area contributed by atoms with Gasteiger partial charge in [-0.15, -0.1) is 0 Å². The molecule has 2 unspecified atom stereocenters. The Bertz CT molecular complexity index is 396. The van der Waals surface area contributed by atoms with Crippen LogP contribution in [0.2, 0.25) is 0 Å². The van der Waals surface area contributed by atoms with Gasteiger partial charge in [-0.2, -0.15) is 0 Å². The van der Waals surface area contributed by atoms with E-state index in [2.05, 4.69) is 21.5 Å². The second kappa shape index (κ2) is 5.02. The Morgan fingerprint density at radius 3 is 2.78 bits per heavy atom. The number of imidazole rings is 1. The molecule has 1 aliphatic carbocycles. The van der Waals surface area contributed by atoms with Gasteiger partial charge in [0, 0.05) is 19.3 Å². The highest BCUT2D eigenvalue weighted by atomic mass is 15.2. The molecule has 2 fully saturated rings. The summed E-state index contributed by atoms with van der Waals surface area (Å²) >= 11 is 0. The van der Waals surface area contributed by atoms with Crippen molar-refractivity contribution in [1.29, 1.82) is 0 Å². The summed E-state index contributed by atoms with van der Waals surface area (Å²) in [7, 11) is 2.10. The maximum Gasteiger partial charge on any atom is 0.0946 e. The zero-order valence-electron chi connectivity index (χ0n) is 11.3. The van der Waals surface area contributed by atoms with Crippen LogP contribution in [0.3, 0.4) is 0 Å². The molecule has 1 saturated carbocycles. The van der Waals surface area contributed by atoms with E-state index in [9.17, 15) is 0 Å². The van der Waals surface area contributed by atoms with E-state index < -0.39 is 0 Å². The molecule has 1 aromatic heterocycles. The molecule has 18 heavy (non-hydrogen) atoms. The maximum absolute atomic E-state index is 6.05. The van der Waals surface area contributed by atoms with Crippen molar-refractivity contribution in [3.05, 3.63) is 18.2 Å². The highest BCUT2D eigenvalue weighted by Crippen LogP contribution is 2.41. The molecule has 1 aromatic rings. The van der Waals surface area contributed by atoms with Crippen molar-refractivity contribution in [3.8, 4) is 0 Å². The molecular formula is C14H24N4. The second-order valence-corrected chi connectivity index (χ2v) is 5.83. The quantitative estimate of drug-likeness (QED) is 0.885. The molecule has 4 nitrogen and oxygen atoms in total. The predicted octanol–water partition coefficient (Wildman–Crippen LogP) is 1.68. The first-order chi connectivity index (χ1) is 8.81. The van der Waals surface area contributed by atoms with E-state index in [4.69, 9.17) is 5.73 Å². The van der Waals surface area contributed by atoms with E-state index in [1.807, 2.05) is 12.5 Å². The fourth-order valence-corrected chi connectivity index (χ4v) is 3.40. The van der Waals surface area contributed by atoms with Crippen LogP contribution in [0.25, 0.3) is 0 Å². The minimum Gasteiger partial charge on any atom is -0.336 e. The molecule has 0 aromatic carbocycles. The normalized spacial score (nSPS) is 30.3. The topological polar surface area (TPSA) is 47.1 Å². The Hall–Kier alpha value is -0.870. The van der Waals surface area contributed by atoms with Gasteiger partial charge in [0.05, 0.1) is 18.1 Å². The average Bonchev–Trinajstić information content (AvgIpc) is 3.15. The highest BCUT2D eigenvalue weighted by Gasteiger charge is 2.39. The van der Waals surface area contributed by atoms with Gasteiger partial charge >= 0.3 is 0 Å². The number of hydrogen-bond acceptors (Lipinski definition) is 3. The minimum absolute atomic E-state index is 0.484. The molecule has 1 aliphatic heterocycles. The number of hydrogen-bond donors (Lipinski definition) is 1. The number of rotatable bonds is 3. The number of nitrogens with two attached hydrogens (primary N) is 1. The zero-order chi connectivity index (χ0) is 12.5. The standard InChI is InChI=1S/C14H24N4/c1-17-10-16-9-13(17)14-11(8-15)4-2-3-7-18(14)12-5-6-12/h9-12,14H,2-8,15H2,1H3. The fraction of sp³-hybridized carbons (Fsp3) is 0.786. The first kappa shape index (κ1) is 12.2. The van der Waals surface area contributed by atoms with Crippen molar-refractivity contribution in [2.45, 2.75) is 44.2 Å². The monoisotopic (exact) mass is 248 g/mol. The zero-order valence-corrected chi connectivity index (χ0v) is 11.3. The van der Waals surface area contributed by atoms with E-state index in [1.165, 1.54) is 44.3 Å². The van der Waals surface area contributed by atoms with E-state index in [1.54, 1.807) is 0 Å². The fourth-order valence-electron chi connectivity index (χ4n) is 3.40. The molecular weight excluding hydrogens is 224 g/mol. The third-order valence-corrected chi connectivity index (χ3v) is 4.52. The van der Waals surface area contributed by atoms with Gasteiger partial charge in [-0.05, 0) is 44.7 Å². The van der Waals surface area contributed by atoms with E-state index in [0.29, 0.717) is 12.0 Å². The second-order valence-electron chi connectivity index (χ2n) is 5.83. The maximum atomic E-state index is 6.05.